The number of aromatic nitrogens is 2. The van der Waals surface area contributed by atoms with Gasteiger partial charge in [0.25, 0.3) is 0 Å². The molecule has 1 aliphatic rings. The minimum Gasteiger partial charge on any atom is -0.376 e. The molecule has 1 aliphatic heterocycles. The van der Waals surface area contributed by atoms with Gasteiger partial charge in [0.2, 0.25) is 11.8 Å². The molecule has 0 spiro atoms. The first kappa shape index (κ1) is 17.7. The number of ether oxygens (including phenoxy) is 1. The van der Waals surface area contributed by atoms with Crippen LogP contribution >= 0.6 is 11.8 Å². The molecule has 7 nitrogen and oxygen atoms in total. The maximum atomic E-state index is 11.8. The normalized spacial score (nSPS) is 17.3. The second kappa shape index (κ2) is 8.83. The predicted molar refractivity (Wildman–Crippen MR) is 88.2 cm³/mol. The van der Waals surface area contributed by atoms with Gasteiger partial charge in [-0.25, -0.2) is 0 Å². The summed E-state index contributed by atoms with van der Waals surface area (Å²) in [5.74, 6) is 0.422. The first-order chi connectivity index (χ1) is 11.0. The Morgan fingerprint density at radius 1 is 1.39 bits per heavy atom. The van der Waals surface area contributed by atoms with Crippen molar-refractivity contribution in [3.63, 3.8) is 0 Å². The summed E-state index contributed by atoms with van der Waals surface area (Å²) in [4.78, 5) is 23.3. The molecule has 0 bridgehead atoms. The molecule has 8 heteroatoms. The van der Waals surface area contributed by atoms with Crippen molar-refractivity contribution in [2.45, 2.75) is 37.8 Å². The lowest BCUT2D eigenvalue weighted by molar-refractivity contribution is -0.119. The maximum absolute atomic E-state index is 11.8. The Hall–Kier alpha value is -1.67. The van der Waals surface area contributed by atoms with Crippen LogP contribution in [0, 0.1) is 5.92 Å². The van der Waals surface area contributed by atoms with Crippen LogP contribution in [0.15, 0.2) is 17.2 Å². The third-order valence-electron chi connectivity index (χ3n) is 3.32. The summed E-state index contributed by atoms with van der Waals surface area (Å²) in [5.41, 5.74) is 0. The highest BCUT2D eigenvalue weighted by molar-refractivity contribution is 7.99. The molecule has 1 aromatic rings. The van der Waals surface area contributed by atoms with E-state index in [0.717, 1.165) is 19.4 Å². The Kier molecular flexibility index (Phi) is 6.79. The monoisotopic (exact) mass is 338 g/mol. The Morgan fingerprint density at radius 3 is 2.83 bits per heavy atom. The van der Waals surface area contributed by atoms with Crippen molar-refractivity contribution in [3.05, 3.63) is 12.1 Å². The standard InChI is InChI=1S/C15H22N4O3S/c1-10(2)15(21)17-12-5-6-14(19-18-12)23-9-13(20)16-8-11-4-3-7-22-11/h5-6,10-11H,3-4,7-9H2,1-2H3,(H,16,20)(H,17,18,21)/t11-/m1/s1. The van der Waals surface area contributed by atoms with Crippen LogP contribution in [0.3, 0.4) is 0 Å². The number of carbonyl (C=O) groups excluding carboxylic acids is 2. The van der Waals surface area contributed by atoms with Gasteiger partial charge in [0.05, 0.1) is 11.9 Å². The zero-order valence-electron chi connectivity index (χ0n) is 13.4. The molecule has 2 heterocycles. The third kappa shape index (κ3) is 6.15. The molecule has 1 fully saturated rings. The number of carbonyl (C=O) groups is 2. The van der Waals surface area contributed by atoms with Crippen molar-refractivity contribution in [1.82, 2.24) is 15.5 Å². The number of anilines is 1. The van der Waals surface area contributed by atoms with Gasteiger partial charge in [0.15, 0.2) is 5.82 Å². The third-order valence-corrected chi connectivity index (χ3v) is 4.24. The molecule has 0 aliphatic carbocycles. The zero-order chi connectivity index (χ0) is 16.7. The molecule has 2 amide bonds. The zero-order valence-corrected chi connectivity index (χ0v) is 14.2. The minimum atomic E-state index is -0.113. The van der Waals surface area contributed by atoms with Gasteiger partial charge in [0, 0.05) is 19.1 Å². The van der Waals surface area contributed by atoms with Gasteiger partial charge < -0.3 is 15.4 Å². The number of nitrogens with zero attached hydrogens (tertiary/aromatic N) is 2. The van der Waals surface area contributed by atoms with E-state index in [0.29, 0.717) is 17.4 Å². The Bertz CT molecular complexity index is 530. The molecule has 23 heavy (non-hydrogen) atoms. The summed E-state index contributed by atoms with van der Waals surface area (Å²) >= 11 is 1.31. The fourth-order valence-corrected chi connectivity index (χ4v) is 2.60. The van der Waals surface area contributed by atoms with Crippen LogP contribution in [-0.2, 0) is 14.3 Å². The lowest BCUT2D eigenvalue weighted by atomic mass is 10.2. The molecule has 1 aromatic heterocycles. The second-order valence-corrected chi connectivity index (χ2v) is 6.62. The highest BCUT2D eigenvalue weighted by atomic mass is 32.2. The van der Waals surface area contributed by atoms with Gasteiger partial charge in [-0.05, 0) is 25.0 Å². The lowest BCUT2D eigenvalue weighted by Gasteiger charge is -2.10. The summed E-state index contributed by atoms with van der Waals surface area (Å²) in [6.45, 7) is 4.96. The predicted octanol–water partition coefficient (Wildman–Crippen LogP) is 1.46. The minimum absolute atomic E-state index is 0.0514. The highest BCUT2D eigenvalue weighted by Gasteiger charge is 2.16. The van der Waals surface area contributed by atoms with Crippen molar-refractivity contribution in [3.8, 4) is 0 Å². The van der Waals surface area contributed by atoms with Crippen molar-refractivity contribution >= 4 is 29.4 Å². The summed E-state index contributed by atoms with van der Waals surface area (Å²) in [7, 11) is 0. The van der Waals surface area contributed by atoms with E-state index in [2.05, 4.69) is 20.8 Å². The molecule has 0 radical (unpaired) electrons. The van der Waals surface area contributed by atoms with E-state index in [1.807, 2.05) is 13.8 Å². The van der Waals surface area contributed by atoms with Gasteiger partial charge >= 0.3 is 0 Å². The molecule has 0 unspecified atom stereocenters. The van der Waals surface area contributed by atoms with E-state index < -0.39 is 0 Å². The van der Waals surface area contributed by atoms with Crippen LogP contribution in [0.1, 0.15) is 26.7 Å². The topological polar surface area (TPSA) is 93.2 Å². The fraction of sp³-hybridized carbons (Fsp3) is 0.600. The van der Waals surface area contributed by atoms with Crippen LogP contribution in [0.4, 0.5) is 5.82 Å². The van der Waals surface area contributed by atoms with E-state index in [4.69, 9.17) is 4.74 Å². The van der Waals surface area contributed by atoms with Gasteiger partial charge in [-0.2, -0.15) is 0 Å². The highest BCUT2D eigenvalue weighted by Crippen LogP contribution is 2.16. The Balaban J connectivity index is 1.70. The number of rotatable bonds is 7. The van der Waals surface area contributed by atoms with E-state index in [1.165, 1.54) is 11.8 Å². The molecule has 0 saturated carbocycles. The molecular weight excluding hydrogens is 316 g/mol. The smallest absolute Gasteiger partial charge is 0.230 e. The molecule has 1 atom stereocenters. The first-order valence-electron chi connectivity index (χ1n) is 7.70. The number of hydrogen-bond donors (Lipinski definition) is 2. The maximum Gasteiger partial charge on any atom is 0.230 e. The average molecular weight is 338 g/mol. The van der Waals surface area contributed by atoms with E-state index in [-0.39, 0.29) is 29.6 Å². The lowest BCUT2D eigenvalue weighted by Crippen LogP contribution is -2.32. The molecule has 2 rings (SSSR count). The summed E-state index contributed by atoms with van der Waals surface area (Å²) < 4.78 is 5.45. The summed E-state index contributed by atoms with van der Waals surface area (Å²) in [6.07, 6.45) is 2.21. The Labute approximate surface area is 140 Å². The molecule has 0 aromatic carbocycles. The summed E-state index contributed by atoms with van der Waals surface area (Å²) in [5, 5.41) is 14.1. The largest absolute Gasteiger partial charge is 0.376 e. The number of hydrogen-bond acceptors (Lipinski definition) is 6. The molecule has 126 valence electrons. The van der Waals surface area contributed by atoms with E-state index in [1.54, 1.807) is 12.1 Å². The quantitative estimate of drug-likeness (QED) is 0.731. The summed E-state index contributed by atoms with van der Waals surface area (Å²) in [6, 6.07) is 3.42. The van der Waals surface area contributed by atoms with Crippen LogP contribution < -0.4 is 10.6 Å². The van der Waals surface area contributed by atoms with E-state index >= 15 is 0 Å². The number of nitrogens with one attached hydrogen (secondary N) is 2. The molecule has 1 saturated heterocycles. The average Bonchev–Trinajstić information content (AvgIpc) is 3.05. The van der Waals surface area contributed by atoms with Crippen LogP contribution in [0.5, 0.6) is 0 Å². The second-order valence-electron chi connectivity index (χ2n) is 5.63. The van der Waals surface area contributed by atoms with Crippen molar-refractivity contribution < 1.29 is 14.3 Å². The van der Waals surface area contributed by atoms with Crippen molar-refractivity contribution in [2.75, 3.05) is 24.2 Å². The van der Waals surface area contributed by atoms with E-state index in [9.17, 15) is 9.59 Å². The van der Waals surface area contributed by atoms with Crippen LogP contribution in [0.2, 0.25) is 0 Å². The molecular formula is C15H22N4O3S. The SMILES string of the molecule is CC(C)C(=O)Nc1ccc(SCC(=O)NC[C@H]2CCCO2)nn1. The Morgan fingerprint density at radius 2 is 2.22 bits per heavy atom. The van der Waals surface area contributed by atoms with Crippen molar-refractivity contribution in [2.24, 2.45) is 5.92 Å². The fourth-order valence-electron chi connectivity index (χ4n) is 1.96. The van der Waals surface area contributed by atoms with Gasteiger partial charge in [-0.1, -0.05) is 25.6 Å². The van der Waals surface area contributed by atoms with Crippen LogP contribution in [-0.4, -0.2) is 47.0 Å². The molecule has 2 N–H and O–H groups in total. The van der Waals surface area contributed by atoms with Crippen LogP contribution in [0.25, 0.3) is 0 Å². The number of thioether (sulfide) groups is 1. The first-order valence-corrected chi connectivity index (χ1v) is 8.69. The van der Waals surface area contributed by atoms with Gasteiger partial charge in [-0.15, -0.1) is 10.2 Å². The van der Waals surface area contributed by atoms with Gasteiger partial charge in [-0.3, -0.25) is 9.59 Å². The van der Waals surface area contributed by atoms with Gasteiger partial charge in [0.1, 0.15) is 5.03 Å². The van der Waals surface area contributed by atoms with Crippen molar-refractivity contribution in [1.29, 1.82) is 0 Å². The number of amides is 2.